The van der Waals surface area contributed by atoms with Gasteiger partial charge in [-0.25, -0.2) is 4.68 Å². The smallest absolute Gasteiger partial charge is 0.236 e. The molecule has 0 saturated heterocycles. The Morgan fingerprint density at radius 3 is 2.92 bits per heavy atom. The van der Waals surface area contributed by atoms with E-state index in [4.69, 9.17) is 10.4 Å². The van der Waals surface area contributed by atoms with Crippen LogP contribution in [0.25, 0.3) is 11.4 Å². The number of benzene rings is 1. The Hall–Kier alpha value is -2.33. The monoisotopic (exact) mass is 408 g/mol. The molecule has 3 aromatic rings. The minimum atomic E-state index is -0.237. The first-order valence-corrected chi connectivity index (χ1v) is 8.64. The summed E-state index contributed by atoms with van der Waals surface area (Å²) in [5, 5.41) is 14.9. The number of rotatable bonds is 5. The molecule has 2 aromatic heterocycles. The maximum absolute atomic E-state index is 11.9. The summed E-state index contributed by atoms with van der Waals surface area (Å²) in [6.45, 7) is 1.75. The van der Waals surface area contributed by atoms with E-state index in [1.54, 1.807) is 13.0 Å². The summed E-state index contributed by atoms with van der Waals surface area (Å²) < 4.78 is 7.11. The van der Waals surface area contributed by atoms with Crippen molar-refractivity contribution >= 4 is 39.4 Å². The Morgan fingerprint density at radius 1 is 1.42 bits per heavy atom. The van der Waals surface area contributed by atoms with Crippen molar-refractivity contribution in [2.24, 2.45) is 0 Å². The summed E-state index contributed by atoms with van der Waals surface area (Å²) in [6.07, 6.45) is 0. The first-order valence-electron chi connectivity index (χ1n) is 6.86. The Balaban J connectivity index is 1.66. The highest BCUT2D eigenvalue weighted by molar-refractivity contribution is 9.10. The summed E-state index contributed by atoms with van der Waals surface area (Å²) in [6, 6.07) is 9.19. The molecule has 24 heavy (non-hydrogen) atoms. The van der Waals surface area contributed by atoms with Crippen molar-refractivity contribution < 1.29 is 9.32 Å². The number of carbonyl (C=O) groups excluding carboxylic acids is 1. The van der Waals surface area contributed by atoms with Gasteiger partial charge >= 0.3 is 0 Å². The van der Waals surface area contributed by atoms with Gasteiger partial charge in [0.2, 0.25) is 11.1 Å². The van der Waals surface area contributed by atoms with Crippen LogP contribution in [0.15, 0.2) is 44.5 Å². The van der Waals surface area contributed by atoms with E-state index in [1.807, 2.05) is 24.3 Å². The molecule has 0 fully saturated rings. The molecule has 124 valence electrons. The molecule has 0 spiro atoms. The third-order valence-electron chi connectivity index (χ3n) is 3.01. The molecule has 1 aromatic carbocycles. The van der Waals surface area contributed by atoms with Crippen molar-refractivity contribution in [2.45, 2.75) is 12.1 Å². The van der Waals surface area contributed by atoms with Crippen LogP contribution in [0.2, 0.25) is 0 Å². The maximum Gasteiger partial charge on any atom is 0.236 e. The van der Waals surface area contributed by atoms with Gasteiger partial charge in [0.15, 0.2) is 11.6 Å². The fraction of sp³-hybridized carbons (Fsp3) is 0.143. The highest BCUT2D eigenvalue weighted by Crippen LogP contribution is 2.27. The number of hydrogen-bond donors (Lipinski definition) is 2. The molecule has 8 nitrogen and oxygen atoms in total. The van der Waals surface area contributed by atoms with E-state index in [0.29, 0.717) is 22.6 Å². The molecule has 1 amide bonds. The van der Waals surface area contributed by atoms with E-state index in [9.17, 15) is 4.79 Å². The van der Waals surface area contributed by atoms with Gasteiger partial charge in [0.05, 0.1) is 5.75 Å². The molecule has 3 N–H and O–H groups in total. The highest BCUT2D eigenvalue weighted by Gasteiger charge is 2.16. The largest absolute Gasteiger partial charge is 0.360 e. The molecule has 0 radical (unpaired) electrons. The summed E-state index contributed by atoms with van der Waals surface area (Å²) in [4.78, 5) is 11.9. The van der Waals surface area contributed by atoms with E-state index < -0.39 is 0 Å². The molecule has 10 heteroatoms. The molecule has 0 aliphatic rings. The van der Waals surface area contributed by atoms with Crippen LogP contribution in [0.1, 0.15) is 5.76 Å². The third kappa shape index (κ3) is 3.60. The molecule has 3 rings (SSSR count). The van der Waals surface area contributed by atoms with Gasteiger partial charge in [0.1, 0.15) is 5.76 Å². The zero-order valence-electron chi connectivity index (χ0n) is 12.6. The predicted molar refractivity (Wildman–Crippen MR) is 93.9 cm³/mol. The van der Waals surface area contributed by atoms with Gasteiger partial charge < -0.3 is 15.7 Å². The van der Waals surface area contributed by atoms with Crippen LogP contribution >= 0.6 is 27.7 Å². The van der Waals surface area contributed by atoms with Gasteiger partial charge in [-0.2, -0.15) is 0 Å². The molecule has 0 aliphatic heterocycles. The lowest BCUT2D eigenvalue weighted by Gasteiger charge is -2.05. The number of nitrogens with two attached hydrogens (primary N) is 1. The first-order chi connectivity index (χ1) is 11.5. The van der Waals surface area contributed by atoms with Crippen LogP contribution in [0.3, 0.4) is 0 Å². The summed E-state index contributed by atoms with van der Waals surface area (Å²) in [7, 11) is 0. The summed E-state index contributed by atoms with van der Waals surface area (Å²) in [5.41, 5.74) is 0.821. The Morgan fingerprint density at radius 2 is 2.21 bits per heavy atom. The van der Waals surface area contributed by atoms with Gasteiger partial charge in [-0.15, -0.1) is 10.2 Å². The minimum Gasteiger partial charge on any atom is -0.360 e. The van der Waals surface area contributed by atoms with Crippen molar-refractivity contribution in [2.75, 3.05) is 16.9 Å². The van der Waals surface area contributed by atoms with Crippen molar-refractivity contribution in [1.82, 2.24) is 20.0 Å². The molecular formula is C14H13BrN6O2S. The number of thioether (sulfide) groups is 1. The van der Waals surface area contributed by atoms with Crippen LogP contribution in [-0.2, 0) is 4.79 Å². The number of anilines is 1. The summed E-state index contributed by atoms with van der Waals surface area (Å²) in [5.74, 6) is 7.43. The average Bonchev–Trinajstić information content (AvgIpc) is 3.12. The Bertz CT molecular complexity index is 878. The van der Waals surface area contributed by atoms with E-state index in [-0.39, 0.29) is 11.7 Å². The average molecular weight is 409 g/mol. The molecule has 0 saturated carbocycles. The number of amides is 1. The standard InChI is InChI=1S/C14H13BrN6O2S/c1-8-6-11(20-23-8)17-12(22)7-24-14-19-18-13(21(14)16)9-4-2-3-5-10(9)15/h2-6H,7,16H2,1H3,(H,17,20,22). The number of halogens is 1. The molecule has 0 aliphatic carbocycles. The second kappa shape index (κ2) is 7.05. The number of aromatic nitrogens is 4. The molecule has 0 bridgehead atoms. The van der Waals surface area contributed by atoms with Crippen molar-refractivity contribution in [3.8, 4) is 11.4 Å². The number of nitrogen functional groups attached to an aromatic ring is 1. The molecule has 0 atom stereocenters. The van der Waals surface area contributed by atoms with Gasteiger partial charge in [-0.3, -0.25) is 4.79 Å². The van der Waals surface area contributed by atoms with Crippen molar-refractivity contribution in [3.05, 3.63) is 40.6 Å². The van der Waals surface area contributed by atoms with Crippen LogP contribution in [-0.4, -0.2) is 31.7 Å². The van der Waals surface area contributed by atoms with Crippen LogP contribution in [0.4, 0.5) is 5.82 Å². The van der Waals surface area contributed by atoms with Gasteiger partial charge in [-0.05, 0) is 19.1 Å². The van der Waals surface area contributed by atoms with Crippen molar-refractivity contribution in [1.29, 1.82) is 0 Å². The lowest BCUT2D eigenvalue weighted by molar-refractivity contribution is -0.113. The quantitative estimate of drug-likeness (QED) is 0.492. The summed E-state index contributed by atoms with van der Waals surface area (Å²) >= 11 is 4.64. The molecule has 0 unspecified atom stereocenters. The van der Waals surface area contributed by atoms with E-state index in [1.165, 1.54) is 16.4 Å². The zero-order valence-corrected chi connectivity index (χ0v) is 15.0. The molecule has 2 heterocycles. The normalized spacial score (nSPS) is 10.8. The van der Waals surface area contributed by atoms with Gasteiger partial charge in [0, 0.05) is 16.1 Å². The van der Waals surface area contributed by atoms with Crippen LogP contribution in [0, 0.1) is 6.92 Å². The van der Waals surface area contributed by atoms with Crippen LogP contribution < -0.4 is 11.2 Å². The van der Waals surface area contributed by atoms with E-state index in [0.717, 1.165) is 10.0 Å². The van der Waals surface area contributed by atoms with Crippen molar-refractivity contribution in [3.63, 3.8) is 0 Å². The lowest BCUT2D eigenvalue weighted by atomic mass is 10.2. The minimum absolute atomic E-state index is 0.122. The number of nitrogens with zero attached hydrogens (tertiary/aromatic N) is 4. The topological polar surface area (TPSA) is 112 Å². The van der Waals surface area contributed by atoms with E-state index >= 15 is 0 Å². The van der Waals surface area contributed by atoms with Gasteiger partial charge in [-0.1, -0.05) is 45.0 Å². The van der Waals surface area contributed by atoms with Gasteiger partial charge in [0.25, 0.3) is 0 Å². The second-order valence-electron chi connectivity index (χ2n) is 4.82. The van der Waals surface area contributed by atoms with E-state index in [2.05, 4.69) is 36.6 Å². The zero-order chi connectivity index (χ0) is 17.1. The lowest BCUT2D eigenvalue weighted by Crippen LogP contribution is -2.16. The Labute approximate surface area is 149 Å². The number of nitrogens with one attached hydrogen (secondary N) is 1. The molecular weight excluding hydrogens is 396 g/mol. The fourth-order valence-electron chi connectivity index (χ4n) is 1.94. The predicted octanol–water partition coefficient (Wildman–Crippen LogP) is 2.45. The Kier molecular flexibility index (Phi) is 4.86. The second-order valence-corrected chi connectivity index (χ2v) is 6.61. The number of hydrogen-bond acceptors (Lipinski definition) is 7. The first kappa shape index (κ1) is 16.5. The maximum atomic E-state index is 11.9. The number of aryl methyl sites for hydroxylation is 1. The fourth-order valence-corrected chi connectivity index (χ4v) is 3.05. The third-order valence-corrected chi connectivity index (χ3v) is 4.64. The SMILES string of the molecule is Cc1cc(NC(=O)CSc2nnc(-c3ccccc3Br)n2N)no1. The highest BCUT2D eigenvalue weighted by atomic mass is 79.9. The van der Waals surface area contributed by atoms with Crippen LogP contribution in [0.5, 0.6) is 0 Å². The number of carbonyl (C=O) groups is 1.